The molecule has 1 aliphatic rings. The van der Waals surface area contributed by atoms with E-state index in [4.69, 9.17) is 6.42 Å². The molecular formula is C13H22N2O2. The monoisotopic (exact) mass is 238 g/mol. The molecule has 1 aliphatic carbocycles. The second-order valence-electron chi connectivity index (χ2n) is 4.68. The van der Waals surface area contributed by atoms with Gasteiger partial charge in [-0.25, -0.2) is 4.79 Å². The van der Waals surface area contributed by atoms with Crippen molar-refractivity contribution in [2.24, 2.45) is 5.92 Å². The van der Waals surface area contributed by atoms with Crippen LogP contribution in [0.5, 0.6) is 0 Å². The van der Waals surface area contributed by atoms with Crippen molar-refractivity contribution in [2.45, 2.75) is 38.2 Å². The number of urea groups is 1. The van der Waals surface area contributed by atoms with E-state index in [9.17, 15) is 9.90 Å². The normalized spacial score (nSPS) is 16.1. The van der Waals surface area contributed by atoms with Crippen molar-refractivity contribution in [3.8, 4) is 12.3 Å². The molecule has 96 valence electrons. The summed E-state index contributed by atoms with van der Waals surface area (Å²) in [6.45, 7) is 1.06. The average molecular weight is 238 g/mol. The fourth-order valence-electron chi connectivity index (χ4n) is 1.68. The third-order valence-electron chi connectivity index (χ3n) is 3.00. The highest BCUT2D eigenvalue weighted by Crippen LogP contribution is 2.32. The lowest BCUT2D eigenvalue weighted by atomic mass is 10.2. The van der Waals surface area contributed by atoms with Crippen LogP contribution in [0.25, 0.3) is 0 Å². The van der Waals surface area contributed by atoms with Crippen molar-refractivity contribution >= 4 is 6.03 Å². The molecule has 4 heteroatoms. The molecule has 0 radical (unpaired) electrons. The molecule has 17 heavy (non-hydrogen) atoms. The number of amides is 2. The van der Waals surface area contributed by atoms with Crippen molar-refractivity contribution in [1.82, 2.24) is 10.2 Å². The summed E-state index contributed by atoms with van der Waals surface area (Å²) in [5.41, 5.74) is 0. The first kappa shape index (κ1) is 13.9. The number of aliphatic hydroxyl groups excluding tert-OH is 1. The predicted molar refractivity (Wildman–Crippen MR) is 67.4 cm³/mol. The van der Waals surface area contributed by atoms with Crippen molar-refractivity contribution < 1.29 is 9.90 Å². The van der Waals surface area contributed by atoms with E-state index < -0.39 is 0 Å². The summed E-state index contributed by atoms with van der Waals surface area (Å²) in [6, 6.07) is -0.120. The van der Waals surface area contributed by atoms with Crippen LogP contribution >= 0.6 is 0 Å². The highest BCUT2D eigenvalue weighted by molar-refractivity contribution is 5.73. The molecule has 1 atom stereocenters. The minimum atomic E-state index is -0.368. The van der Waals surface area contributed by atoms with Crippen LogP contribution in [-0.4, -0.2) is 42.3 Å². The summed E-state index contributed by atoms with van der Waals surface area (Å²) in [4.78, 5) is 13.2. The van der Waals surface area contributed by atoms with Gasteiger partial charge in [0, 0.05) is 26.6 Å². The molecule has 0 aliphatic heterocycles. The smallest absolute Gasteiger partial charge is 0.317 e. The molecule has 1 rings (SSSR count). The van der Waals surface area contributed by atoms with Gasteiger partial charge in [-0.2, -0.15) is 0 Å². The Morgan fingerprint density at radius 3 is 2.88 bits per heavy atom. The second-order valence-corrected chi connectivity index (χ2v) is 4.68. The summed E-state index contributed by atoms with van der Waals surface area (Å²) in [5.74, 6) is 2.97. The summed E-state index contributed by atoms with van der Waals surface area (Å²) < 4.78 is 0. The van der Waals surface area contributed by atoms with E-state index >= 15 is 0 Å². The number of aliphatic hydroxyl groups is 1. The zero-order valence-corrected chi connectivity index (χ0v) is 10.5. The largest absolute Gasteiger partial charge is 0.391 e. The molecule has 0 aromatic rings. The number of nitrogens with one attached hydrogen (secondary N) is 1. The van der Waals surface area contributed by atoms with E-state index in [1.165, 1.54) is 0 Å². The van der Waals surface area contributed by atoms with Gasteiger partial charge in [0.05, 0.1) is 6.10 Å². The summed E-state index contributed by atoms with van der Waals surface area (Å²) in [6.07, 6.45) is 9.53. The number of rotatable bonds is 7. The first-order valence-corrected chi connectivity index (χ1v) is 6.25. The number of unbranched alkanes of at least 4 members (excludes halogenated alkanes) is 2. The number of nitrogens with zero attached hydrogens (tertiary/aromatic N) is 1. The minimum absolute atomic E-state index is 0.120. The summed E-state index contributed by atoms with van der Waals surface area (Å²) >= 11 is 0. The Labute approximate surface area is 103 Å². The van der Waals surface area contributed by atoms with Crippen LogP contribution in [0.2, 0.25) is 0 Å². The topological polar surface area (TPSA) is 52.6 Å². The molecule has 0 aromatic heterocycles. The molecule has 0 saturated heterocycles. The van der Waals surface area contributed by atoms with Gasteiger partial charge < -0.3 is 15.3 Å². The fourth-order valence-corrected chi connectivity index (χ4v) is 1.68. The number of likely N-dealkylation sites (N-methyl/N-ethyl adjacent to an activating group) is 1. The first-order chi connectivity index (χ1) is 8.15. The molecule has 0 spiro atoms. The summed E-state index contributed by atoms with van der Waals surface area (Å²) in [7, 11) is 1.71. The lowest BCUT2D eigenvalue weighted by Crippen LogP contribution is -2.42. The quantitative estimate of drug-likeness (QED) is 0.517. The molecule has 0 heterocycles. The molecular weight excluding hydrogens is 216 g/mol. The molecule has 1 unspecified atom stereocenters. The van der Waals surface area contributed by atoms with E-state index in [-0.39, 0.29) is 12.1 Å². The van der Waals surface area contributed by atoms with Gasteiger partial charge in [0.25, 0.3) is 0 Å². The molecule has 4 nitrogen and oxygen atoms in total. The lowest BCUT2D eigenvalue weighted by Gasteiger charge is -2.21. The Morgan fingerprint density at radius 2 is 2.29 bits per heavy atom. The van der Waals surface area contributed by atoms with Crippen molar-refractivity contribution in [2.75, 3.05) is 20.1 Å². The third-order valence-corrected chi connectivity index (χ3v) is 3.00. The predicted octanol–water partition coefficient (Wildman–Crippen LogP) is 1.20. The number of terminal acetylenes is 1. The highest BCUT2D eigenvalue weighted by Gasteiger charge is 2.30. The number of hydrogen-bond donors (Lipinski definition) is 2. The Hall–Kier alpha value is -1.21. The third kappa shape index (κ3) is 5.60. The number of carbonyl (C=O) groups excluding carboxylic acids is 1. The van der Waals surface area contributed by atoms with E-state index in [0.29, 0.717) is 19.0 Å². The van der Waals surface area contributed by atoms with Crippen molar-refractivity contribution in [1.29, 1.82) is 0 Å². The van der Waals surface area contributed by atoms with Crippen LogP contribution in [-0.2, 0) is 0 Å². The van der Waals surface area contributed by atoms with Gasteiger partial charge in [0.15, 0.2) is 0 Å². The molecule has 2 amide bonds. The maximum absolute atomic E-state index is 11.6. The molecule has 0 aromatic carbocycles. The highest BCUT2D eigenvalue weighted by atomic mass is 16.3. The fraction of sp³-hybridized carbons (Fsp3) is 0.769. The van der Waals surface area contributed by atoms with E-state index in [0.717, 1.165) is 32.1 Å². The number of carbonyl (C=O) groups is 1. The molecule has 0 bridgehead atoms. The molecule has 1 fully saturated rings. The Morgan fingerprint density at radius 1 is 1.59 bits per heavy atom. The van der Waals surface area contributed by atoms with Crippen LogP contribution in [0.1, 0.15) is 32.1 Å². The van der Waals surface area contributed by atoms with Gasteiger partial charge in [-0.15, -0.1) is 12.3 Å². The van der Waals surface area contributed by atoms with Crippen LogP contribution in [0.15, 0.2) is 0 Å². The van der Waals surface area contributed by atoms with Crippen molar-refractivity contribution in [3.05, 3.63) is 0 Å². The van der Waals surface area contributed by atoms with Crippen LogP contribution in [0.3, 0.4) is 0 Å². The molecule has 1 saturated carbocycles. The van der Waals surface area contributed by atoms with Crippen LogP contribution in [0, 0.1) is 18.3 Å². The van der Waals surface area contributed by atoms with Gasteiger partial charge in [0.2, 0.25) is 0 Å². The zero-order chi connectivity index (χ0) is 12.7. The average Bonchev–Trinajstić information content (AvgIpc) is 3.12. The SMILES string of the molecule is C#CCCCCNC(=O)N(C)CC(O)C1CC1. The zero-order valence-electron chi connectivity index (χ0n) is 10.5. The molecule has 2 N–H and O–H groups in total. The van der Waals surface area contributed by atoms with Crippen LogP contribution in [0.4, 0.5) is 4.79 Å². The van der Waals surface area contributed by atoms with Crippen LogP contribution < -0.4 is 5.32 Å². The minimum Gasteiger partial charge on any atom is -0.391 e. The Balaban J connectivity index is 2.07. The summed E-state index contributed by atoms with van der Waals surface area (Å²) in [5, 5.41) is 12.5. The van der Waals surface area contributed by atoms with Gasteiger partial charge in [-0.1, -0.05) is 0 Å². The lowest BCUT2D eigenvalue weighted by molar-refractivity contribution is 0.113. The van der Waals surface area contributed by atoms with Gasteiger partial charge in [0.1, 0.15) is 0 Å². The van der Waals surface area contributed by atoms with E-state index in [2.05, 4.69) is 11.2 Å². The maximum atomic E-state index is 11.6. The maximum Gasteiger partial charge on any atom is 0.317 e. The first-order valence-electron chi connectivity index (χ1n) is 6.25. The van der Waals surface area contributed by atoms with Gasteiger partial charge >= 0.3 is 6.03 Å². The van der Waals surface area contributed by atoms with Crippen molar-refractivity contribution in [3.63, 3.8) is 0 Å². The van der Waals surface area contributed by atoms with E-state index in [1.54, 1.807) is 11.9 Å². The van der Waals surface area contributed by atoms with Gasteiger partial charge in [-0.3, -0.25) is 0 Å². The Bertz CT molecular complexity index is 282. The van der Waals surface area contributed by atoms with E-state index in [1.807, 2.05) is 0 Å². The standard InChI is InChI=1S/C13H22N2O2/c1-3-4-5-6-9-14-13(17)15(2)10-12(16)11-7-8-11/h1,11-12,16H,4-10H2,2H3,(H,14,17). The number of hydrogen-bond acceptors (Lipinski definition) is 2. The van der Waals surface area contributed by atoms with Gasteiger partial charge in [-0.05, 0) is 31.6 Å². The second kappa shape index (κ2) is 7.18. The Kier molecular flexibility index (Phi) is 5.85.